The van der Waals surface area contributed by atoms with Crippen LogP contribution in [-0.2, 0) is 0 Å². The van der Waals surface area contributed by atoms with Gasteiger partial charge in [-0.3, -0.25) is 0 Å². The summed E-state index contributed by atoms with van der Waals surface area (Å²) in [5, 5.41) is 4.67. The molecule has 0 saturated heterocycles. The molecule has 254 valence electrons. The van der Waals surface area contributed by atoms with Gasteiger partial charge < -0.3 is 9.32 Å². The zero-order valence-corrected chi connectivity index (χ0v) is 29.6. The molecule has 0 aliphatic rings. The molecule has 0 saturated carbocycles. The van der Waals surface area contributed by atoms with E-state index in [1.165, 1.54) is 55.3 Å². The van der Waals surface area contributed by atoms with E-state index in [1.54, 1.807) is 0 Å². The highest BCUT2D eigenvalue weighted by Crippen LogP contribution is 2.44. The summed E-state index contributed by atoms with van der Waals surface area (Å²) in [6.07, 6.45) is 0. The molecule has 0 fully saturated rings. The van der Waals surface area contributed by atoms with Gasteiger partial charge in [0.05, 0.1) is 11.1 Å². The van der Waals surface area contributed by atoms with Crippen LogP contribution in [0.25, 0.3) is 77.2 Å². The lowest BCUT2D eigenvalue weighted by atomic mass is 9.90. The predicted octanol–water partition coefficient (Wildman–Crippen LogP) is 14.9. The molecule has 9 aromatic carbocycles. The van der Waals surface area contributed by atoms with E-state index in [4.69, 9.17) is 4.42 Å². The standard InChI is InChI=1S/C52H35NO/c1-3-13-36(14-4-1)37-25-30-42(31-26-37)53(49-22-12-24-51-52(49)48-20-9-10-23-50(48)54-51)43-32-27-38(28-33-43)40-29-34-45-41(35-40)17-11-21-47(45)46-19-8-7-18-44(46)39-15-5-2-6-16-39/h1-35H. The van der Waals surface area contributed by atoms with Crippen molar-refractivity contribution in [3.8, 4) is 44.5 Å². The van der Waals surface area contributed by atoms with Crippen LogP contribution >= 0.6 is 0 Å². The lowest BCUT2D eigenvalue weighted by molar-refractivity contribution is 0.669. The van der Waals surface area contributed by atoms with Gasteiger partial charge in [-0.25, -0.2) is 0 Å². The van der Waals surface area contributed by atoms with Crippen LogP contribution in [0.5, 0.6) is 0 Å². The summed E-state index contributed by atoms with van der Waals surface area (Å²) in [5.74, 6) is 0. The molecule has 0 N–H and O–H groups in total. The Hall–Kier alpha value is -7.16. The quantitative estimate of drug-likeness (QED) is 0.166. The van der Waals surface area contributed by atoms with E-state index in [0.29, 0.717) is 0 Å². The smallest absolute Gasteiger partial charge is 0.137 e. The van der Waals surface area contributed by atoms with Crippen LogP contribution in [0.4, 0.5) is 17.1 Å². The minimum atomic E-state index is 0.873. The van der Waals surface area contributed by atoms with Crippen LogP contribution < -0.4 is 4.90 Å². The Kier molecular flexibility index (Phi) is 7.85. The van der Waals surface area contributed by atoms with Gasteiger partial charge >= 0.3 is 0 Å². The SMILES string of the molecule is c1ccc(-c2ccc(N(c3ccc(-c4ccc5c(-c6ccccc6-c6ccccc6)cccc5c4)cc3)c3cccc4oc5ccccc5c34)cc2)cc1. The second-order valence-electron chi connectivity index (χ2n) is 13.7. The van der Waals surface area contributed by atoms with Crippen molar-refractivity contribution in [3.05, 3.63) is 212 Å². The molecular weight excluding hydrogens is 655 g/mol. The molecule has 10 aromatic rings. The third-order valence-electron chi connectivity index (χ3n) is 10.5. The van der Waals surface area contributed by atoms with Crippen LogP contribution in [-0.4, -0.2) is 0 Å². The third-order valence-corrected chi connectivity index (χ3v) is 10.5. The number of hydrogen-bond donors (Lipinski definition) is 0. The minimum Gasteiger partial charge on any atom is -0.456 e. The summed E-state index contributed by atoms with van der Waals surface area (Å²) in [7, 11) is 0. The largest absolute Gasteiger partial charge is 0.456 e. The van der Waals surface area contributed by atoms with Crippen molar-refractivity contribution < 1.29 is 4.42 Å². The molecule has 0 atom stereocenters. The number of benzene rings is 9. The van der Waals surface area contributed by atoms with E-state index in [1.807, 2.05) is 12.1 Å². The molecule has 2 nitrogen and oxygen atoms in total. The van der Waals surface area contributed by atoms with Crippen molar-refractivity contribution in [2.75, 3.05) is 4.90 Å². The number of anilines is 3. The maximum atomic E-state index is 6.34. The van der Waals surface area contributed by atoms with Crippen molar-refractivity contribution in [2.24, 2.45) is 0 Å². The van der Waals surface area contributed by atoms with Gasteiger partial charge in [0.2, 0.25) is 0 Å². The number of hydrogen-bond acceptors (Lipinski definition) is 2. The van der Waals surface area contributed by atoms with Gasteiger partial charge in [0, 0.05) is 16.8 Å². The molecular formula is C52H35NO. The molecule has 0 unspecified atom stereocenters. The van der Waals surface area contributed by atoms with Crippen LogP contribution in [0.1, 0.15) is 0 Å². The van der Waals surface area contributed by atoms with Gasteiger partial charge in [-0.2, -0.15) is 0 Å². The number of fused-ring (bicyclic) bond motifs is 4. The van der Waals surface area contributed by atoms with E-state index in [2.05, 4.69) is 205 Å². The monoisotopic (exact) mass is 689 g/mol. The Morgan fingerprint density at radius 1 is 0.315 bits per heavy atom. The fourth-order valence-corrected chi connectivity index (χ4v) is 7.89. The first kappa shape index (κ1) is 31.6. The Bertz CT molecular complexity index is 2910. The van der Waals surface area contributed by atoms with Crippen LogP contribution in [0.15, 0.2) is 217 Å². The van der Waals surface area contributed by atoms with Crippen LogP contribution in [0, 0.1) is 0 Å². The van der Waals surface area contributed by atoms with E-state index in [9.17, 15) is 0 Å². The maximum absolute atomic E-state index is 6.34. The van der Waals surface area contributed by atoms with Crippen molar-refractivity contribution in [2.45, 2.75) is 0 Å². The molecule has 1 aromatic heterocycles. The second-order valence-corrected chi connectivity index (χ2v) is 13.7. The highest BCUT2D eigenvalue weighted by atomic mass is 16.3. The Balaban J connectivity index is 1.05. The normalized spacial score (nSPS) is 11.3. The lowest BCUT2D eigenvalue weighted by Gasteiger charge is -2.26. The summed E-state index contributed by atoms with van der Waals surface area (Å²) < 4.78 is 6.34. The van der Waals surface area contributed by atoms with Crippen molar-refractivity contribution in [1.82, 2.24) is 0 Å². The van der Waals surface area contributed by atoms with E-state index in [-0.39, 0.29) is 0 Å². The van der Waals surface area contributed by atoms with Crippen LogP contribution in [0.2, 0.25) is 0 Å². The number of furan rings is 1. The summed E-state index contributed by atoms with van der Waals surface area (Å²) in [6, 6.07) is 75.8. The molecule has 0 spiro atoms. The fraction of sp³-hybridized carbons (Fsp3) is 0. The summed E-state index contributed by atoms with van der Waals surface area (Å²) in [4.78, 5) is 2.35. The number of para-hydroxylation sites is 1. The number of nitrogens with zero attached hydrogens (tertiary/aromatic N) is 1. The molecule has 2 heteroatoms. The molecule has 10 rings (SSSR count). The molecule has 0 aliphatic heterocycles. The van der Waals surface area contributed by atoms with Gasteiger partial charge in [-0.1, -0.05) is 164 Å². The first-order valence-electron chi connectivity index (χ1n) is 18.4. The highest BCUT2D eigenvalue weighted by molar-refractivity contribution is 6.13. The van der Waals surface area contributed by atoms with Gasteiger partial charge in [-0.05, 0) is 104 Å². The third kappa shape index (κ3) is 5.62. The lowest BCUT2D eigenvalue weighted by Crippen LogP contribution is -2.10. The molecule has 0 radical (unpaired) electrons. The number of rotatable bonds is 7. The molecule has 0 aliphatic carbocycles. The van der Waals surface area contributed by atoms with Gasteiger partial charge in [0.25, 0.3) is 0 Å². The van der Waals surface area contributed by atoms with Gasteiger partial charge in [0.1, 0.15) is 11.2 Å². The van der Waals surface area contributed by atoms with Crippen molar-refractivity contribution in [1.29, 1.82) is 0 Å². The molecule has 54 heavy (non-hydrogen) atoms. The van der Waals surface area contributed by atoms with Crippen molar-refractivity contribution in [3.63, 3.8) is 0 Å². The predicted molar refractivity (Wildman–Crippen MR) is 228 cm³/mol. The first-order valence-corrected chi connectivity index (χ1v) is 18.4. The minimum absolute atomic E-state index is 0.873. The van der Waals surface area contributed by atoms with Crippen molar-refractivity contribution >= 4 is 49.8 Å². The van der Waals surface area contributed by atoms with Gasteiger partial charge in [-0.15, -0.1) is 0 Å². The topological polar surface area (TPSA) is 16.4 Å². The molecule has 1 heterocycles. The Morgan fingerprint density at radius 3 is 1.59 bits per heavy atom. The summed E-state index contributed by atoms with van der Waals surface area (Å²) in [6.45, 7) is 0. The summed E-state index contributed by atoms with van der Waals surface area (Å²) in [5.41, 5.74) is 14.7. The summed E-state index contributed by atoms with van der Waals surface area (Å²) >= 11 is 0. The zero-order valence-electron chi connectivity index (χ0n) is 29.6. The average Bonchev–Trinajstić information content (AvgIpc) is 3.64. The fourth-order valence-electron chi connectivity index (χ4n) is 7.89. The Labute approximate surface area is 314 Å². The maximum Gasteiger partial charge on any atom is 0.137 e. The zero-order chi connectivity index (χ0) is 35.8. The van der Waals surface area contributed by atoms with Crippen LogP contribution in [0.3, 0.4) is 0 Å². The molecule has 0 bridgehead atoms. The van der Waals surface area contributed by atoms with Gasteiger partial charge in [0.15, 0.2) is 0 Å². The average molecular weight is 690 g/mol. The van der Waals surface area contributed by atoms with E-state index < -0.39 is 0 Å². The van der Waals surface area contributed by atoms with E-state index >= 15 is 0 Å². The highest BCUT2D eigenvalue weighted by Gasteiger charge is 2.20. The molecule has 0 amide bonds. The second kappa shape index (κ2) is 13.4. The Morgan fingerprint density at radius 2 is 0.852 bits per heavy atom. The van der Waals surface area contributed by atoms with E-state index in [0.717, 1.165) is 39.0 Å². The first-order chi connectivity index (χ1) is 26.8.